The molecule has 0 atom stereocenters. The summed E-state index contributed by atoms with van der Waals surface area (Å²) in [6, 6.07) is 3.64. The Morgan fingerprint density at radius 1 is 1.44 bits per heavy atom. The summed E-state index contributed by atoms with van der Waals surface area (Å²) in [5, 5.41) is 14.5. The maximum atomic E-state index is 11.2. The molecule has 0 aliphatic carbocycles. The van der Waals surface area contributed by atoms with Gasteiger partial charge >= 0.3 is 0 Å². The Labute approximate surface area is 105 Å². The molecule has 1 heterocycles. The first kappa shape index (κ1) is 12.7. The van der Waals surface area contributed by atoms with E-state index >= 15 is 0 Å². The number of nitrogens with one attached hydrogen (secondary N) is 2. The van der Waals surface area contributed by atoms with Crippen LogP contribution in [0.4, 0.5) is 17.1 Å². The zero-order valence-electron chi connectivity index (χ0n) is 10.0. The van der Waals surface area contributed by atoms with Gasteiger partial charge in [-0.2, -0.15) is 0 Å². The van der Waals surface area contributed by atoms with Crippen molar-refractivity contribution in [1.82, 2.24) is 0 Å². The molecular formula is C12H17N3O3. The minimum Gasteiger partial charge on any atom is -0.397 e. The maximum absolute atomic E-state index is 11.2. The molecule has 1 amide bonds. The topological polar surface area (TPSA) is 96.6 Å². The Hall–Kier alpha value is -1.79. The van der Waals surface area contributed by atoms with E-state index in [0.717, 1.165) is 16.9 Å². The zero-order valence-corrected chi connectivity index (χ0v) is 10.0. The molecule has 1 aliphatic heterocycles. The number of aliphatic hydroxyl groups excluding tert-OH is 1. The number of hydrogen-bond acceptors (Lipinski definition) is 5. The first-order valence-corrected chi connectivity index (χ1v) is 5.85. The van der Waals surface area contributed by atoms with Gasteiger partial charge in [0.2, 0.25) is 5.91 Å². The molecule has 18 heavy (non-hydrogen) atoms. The third-order valence-electron chi connectivity index (χ3n) is 2.70. The van der Waals surface area contributed by atoms with Gasteiger partial charge in [-0.25, -0.2) is 0 Å². The molecule has 0 radical (unpaired) electrons. The summed E-state index contributed by atoms with van der Waals surface area (Å²) >= 11 is 0. The van der Waals surface area contributed by atoms with Crippen LogP contribution in [0.2, 0.25) is 0 Å². The van der Waals surface area contributed by atoms with Crippen LogP contribution in [0, 0.1) is 0 Å². The van der Waals surface area contributed by atoms with Crippen LogP contribution < -0.4 is 16.4 Å². The fraction of sp³-hybridized carbons (Fsp3) is 0.417. The van der Waals surface area contributed by atoms with Crippen molar-refractivity contribution in [2.24, 2.45) is 0 Å². The van der Waals surface area contributed by atoms with Gasteiger partial charge in [0, 0.05) is 12.2 Å². The average Bonchev–Trinajstić information content (AvgIpc) is 2.68. The second-order valence-corrected chi connectivity index (χ2v) is 4.08. The van der Waals surface area contributed by atoms with Crippen LogP contribution in [0.3, 0.4) is 0 Å². The molecular weight excluding hydrogens is 234 g/mol. The summed E-state index contributed by atoms with van der Waals surface area (Å²) in [6.45, 7) is 1.44. The van der Waals surface area contributed by atoms with E-state index in [1.807, 2.05) is 12.1 Å². The van der Waals surface area contributed by atoms with Gasteiger partial charge < -0.3 is 26.2 Å². The van der Waals surface area contributed by atoms with Crippen LogP contribution in [-0.2, 0) is 16.0 Å². The number of hydrogen-bond donors (Lipinski definition) is 4. The highest BCUT2D eigenvalue weighted by Gasteiger charge is 2.18. The second kappa shape index (κ2) is 5.70. The summed E-state index contributed by atoms with van der Waals surface area (Å²) in [6.07, 6.45) is 0.388. The van der Waals surface area contributed by atoms with Crippen molar-refractivity contribution in [2.75, 3.05) is 42.7 Å². The van der Waals surface area contributed by atoms with Crippen molar-refractivity contribution < 1.29 is 14.6 Å². The number of amides is 1. The van der Waals surface area contributed by atoms with E-state index in [0.29, 0.717) is 31.9 Å². The molecule has 0 saturated heterocycles. The number of ether oxygens (including phenoxy) is 1. The van der Waals surface area contributed by atoms with Crippen molar-refractivity contribution in [2.45, 2.75) is 6.42 Å². The van der Waals surface area contributed by atoms with Crippen molar-refractivity contribution in [3.63, 3.8) is 0 Å². The van der Waals surface area contributed by atoms with Gasteiger partial charge in [-0.1, -0.05) is 0 Å². The predicted molar refractivity (Wildman–Crippen MR) is 69.6 cm³/mol. The summed E-state index contributed by atoms with van der Waals surface area (Å²) in [5.41, 5.74) is 9.04. The lowest BCUT2D eigenvalue weighted by atomic mass is 10.1. The molecule has 98 valence electrons. The van der Waals surface area contributed by atoms with Gasteiger partial charge in [0.25, 0.3) is 0 Å². The molecule has 0 spiro atoms. The van der Waals surface area contributed by atoms with Gasteiger partial charge in [0.05, 0.1) is 37.6 Å². The first-order chi connectivity index (χ1) is 8.70. The third kappa shape index (κ3) is 2.91. The fourth-order valence-electron chi connectivity index (χ4n) is 1.87. The summed E-state index contributed by atoms with van der Waals surface area (Å²) in [7, 11) is 0. The molecule has 6 heteroatoms. The number of carbonyl (C=O) groups is 1. The van der Waals surface area contributed by atoms with Gasteiger partial charge in [-0.15, -0.1) is 0 Å². The molecule has 0 fully saturated rings. The SMILES string of the molecule is Nc1cc2c(cc1NCCOCCO)NC(=O)C2. The number of benzene rings is 1. The Morgan fingerprint density at radius 3 is 3.06 bits per heavy atom. The monoisotopic (exact) mass is 251 g/mol. The van der Waals surface area contributed by atoms with Crippen LogP contribution in [0.15, 0.2) is 12.1 Å². The van der Waals surface area contributed by atoms with Crippen LogP contribution in [-0.4, -0.2) is 37.4 Å². The zero-order chi connectivity index (χ0) is 13.0. The molecule has 0 unspecified atom stereocenters. The highest BCUT2D eigenvalue weighted by molar-refractivity contribution is 6.00. The minimum atomic E-state index is -0.00664. The van der Waals surface area contributed by atoms with Crippen LogP contribution in [0.1, 0.15) is 5.56 Å². The predicted octanol–water partition coefficient (Wildman–Crippen LogP) is 0.184. The molecule has 1 aromatic carbocycles. The molecule has 0 saturated carbocycles. The van der Waals surface area contributed by atoms with E-state index in [1.54, 1.807) is 0 Å². The number of nitrogens with two attached hydrogens (primary N) is 1. The lowest BCUT2D eigenvalue weighted by Crippen LogP contribution is -2.12. The summed E-state index contributed by atoms with van der Waals surface area (Å²) in [4.78, 5) is 11.2. The number of aliphatic hydroxyl groups is 1. The van der Waals surface area contributed by atoms with Crippen LogP contribution in [0.25, 0.3) is 0 Å². The Morgan fingerprint density at radius 2 is 2.28 bits per heavy atom. The van der Waals surface area contributed by atoms with Gasteiger partial charge in [0.1, 0.15) is 0 Å². The van der Waals surface area contributed by atoms with E-state index in [2.05, 4.69) is 10.6 Å². The Kier molecular flexibility index (Phi) is 4.01. The highest BCUT2D eigenvalue weighted by atomic mass is 16.5. The highest BCUT2D eigenvalue weighted by Crippen LogP contribution is 2.31. The standard InChI is InChI=1S/C12H17N3O3/c13-9-5-8-6-12(17)15-10(8)7-11(9)14-1-3-18-4-2-16/h5,7,14,16H,1-4,6,13H2,(H,15,17). The lowest BCUT2D eigenvalue weighted by Gasteiger charge is -2.11. The number of fused-ring (bicyclic) bond motifs is 1. The Balaban J connectivity index is 1.93. The molecule has 1 aromatic rings. The van der Waals surface area contributed by atoms with E-state index in [1.165, 1.54) is 0 Å². The quantitative estimate of drug-likeness (QED) is 0.427. The van der Waals surface area contributed by atoms with Crippen LogP contribution >= 0.6 is 0 Å². The normalized spacial score (nSPS) is 13.3. The maximum Gasteiger partial charge on any atom is 0.228 e. The fourth-order valence-corrected chi connectivity index (χ4v) is 1.87. The van der Waals surface area contributed by atoms with Gasteiger partial charge in [-0.3, -0.25) is 4.79 Å². The van der Waals surface area contributed by atoms with Crippen molar-refractivity contribution >= 4 is 23.0 Å². The Bertz CT molecular complexity index is 448. The molecule has 1 aliphatic rings. The largest absolute Gasteiger partial charge is 0.397 e. The van der Waals surface area contributed by atoms with Crippen molar-refractivity contribution in [3.05, 3.63) is 17.7 Å². The molecule has 2 rings (SSSR count). The number of carbonyl (C=O) groups excluding carboxylic acids is 1. The first-order valence-electron chi connectivity index (χ1n) is 5.85. The van der Waals surface area contributed by atoms with Gasteiger partial charge in [-0.05, 0) is 17.7 Å². The average molecular weight is 251 g/mol. The smallest absolute Gasteiger partial charge is 0.228 e. The lowest BCUT2D eigenvalue weighted by molar-refractivity contribution is -0.115. The number of anilines is 3. The molecule has 6 nitrogen and oxygen atoms in total. The summed E-state index contributed by atoms with van der Waals surface area (Å²) < 4.78 is 5.13. The van der Waals surface area contributed by atoms with E-state index < -0.39 is 0 Å². The van der Waals surface area contributed by atoms with Crippen molar-refractivity contribution in [3.8, 4) is 0 Å². The van der Waals surface area contributed by atoms with E-state index in [-0.39, 0.29) is 12.5 Å². The minimum absolute atomic E-state index is 0.00664. The third-order valence-corrected chi connectivity index (χ3v) is 2.70. The molecule has 0 bridgehead atoms. The van der Waals surface area contributed by atoms with Gasteiger partial charge in [0.15, 0.2) is 0 Å². The van der Waals surface area contributed by atoms with Crippen molar-refractivity contribution in [1.29, 1.82) is 0 Å². The summed E-state index contributed by atoms with van der Waals surface area (Å²) in [5.74, 6) is -0.00664. The number of rotatable bonds is 6. The van der Waals surface area contributed by atoms with Crippen LogP contribution in [0.5, 0.6) is 0 Å². The second-order valence-electron chi connectivity index (χ2n) is 4.08. The van der Waals surface area contributed by atoms with E-state index in [4.69, 9.17) is 15.6 Å². The molecule has 5 N–H and O–H groups in total. The number of nitrogen functional groups attached to an aromatic ring is 1. The van der Waals surface area contributed by atoms with E-state index in [9.17, 15) is 4.79 Å². The molecule has 0 aromatic heterocycles.